The lowest BCUT2D eigenvalue weighted by Gasteiger charge is -2.21. The molecule has 0 bridgehead atoms. The highest BCUT2D eigenvalue weighted by Gasteiger charge is 2.29. The van der Waals surface area contributed by atoms with Crippen molar-refractivity contribution in [3.63, 3.8) is 0 Å². The number of fused-ring (bicyclic) bond motifs is 1. The van der Waals surface area contributed by atoms with Crippen LogP contribution < -0.4 is 10.2 Å². The van der Waals surface area contributed by atoms with Crippen LogP contribution in [0.2, 0.25) is 0 Å². The molecule has 6 rings (SSSR count). The summed E-state index contributed by atoms with van der Waals surface area (Å²) in [5.41, 5.74) is 2.52. The van der Waals surface area contributed by atoms with Crippen LogP contribution in [0.25, 0.3) is 22.3 Å². The smallest absolute Gasteiger partial charge is 0.162 e. The Bertz CT molecular complexity index is 1330. The summed E-state index contributed by atoms with van der Waals surface area (Å²) >= 11 is 0. The maximum absolute atomic E-state index is 14.1. The zero-order valence-electron chi connectivity index (χ0n) is 17.9. The van der Waals surface area contributed by atoms with Crippen molar-refractivity contribution in [1.82, 2.24) is 19.9 Å². The fourth-order valence-electron chi connectivity index (χ4n) is 4.46. The normalized spacial score (nSPS) is 15.9. The summed E-state index contributed by atoms with van der Waals surface area (Å²) in [5, 5.41) is 3.85. The lowest BCUT2D eigenvalue weighted by molar-refractivity contribution is 0.590. The Hall–Kier alpha value is -3.68. The first-order valence-electron chi connectivity index (χ1n) is 11.3. The SMILES string of the molecule is Fc1cccc(F)c1Nc1cc(-c2nc(N3CCCC3)c3c(C4CC4)cncc3n2)ccn1. The van der Waals surface area contributed by atoms with Gasteiger partial charge in [-0.1, -0.05) is 6.07 Å². The van der Waals surface area contributed by atoms with Gasteiger partial charge in [0.2, 0.25) is 0 Å². The number of hydrogen-bond donors (Lipinski definition) is 1. The Morgan fingerprint density at radius 3 is 2.52 bits per heavy atom. The van der Waals surface area contributed by atoms with Crippen LogP contribution in [0.3, 0.4) is 0 Å². The summed E-state index contributed by atoms with van der Waals surface area (Å²) < 4.78 is 28.2. The number of nitrogens with zero attached hydrogens (tertiary/aromatic N) is 5. The van der Waals surface area contributed by atoms with Crippen molar-refractivity contribution < 1.29 is 8.78 Å². The van der Waals surface area contributed by atoms with E-state index in [0.717, 1.165) is 42.7 Å². The molecule has 3 aromatic heterocycles. The minimum Gasteiger partial charge on any atom is -0.356 e. The third-order valence-corrected chi connectivity index (χ3v) is 6.27. The fraction of sp³-hybridized carbons (Fsp3) is 0.280. The van der Waals surface area contributed by atoms with Crippen molar-refractivity contribution in [1.29, 1.82) is 0 Å². The van der Waals surface area contributed by atoms with Gasteiger partial charge in [0.05, 0.1) is 11.7 Å². The number of para-hydroxylation sites is 1. The molecule has 4 aromatic rings. The minimum atomic E-state index is -0.681. The molecule has 1 aromatic carbocycles. The van der Waals surface area contributed by atoms with Crippen LogP contribution in [-0.2, 0) is 0 Å². The van der Waals surface area contributed by atoms with Crippen LogP contribution in [-0.4, -0.2) is 33.0 Å². The number of anilines is 3. The highest BCUT2D eigenvalue weighted by molar-refractivity contribution is 5.94. The number of benzene rings is 1. The molecular formula is C25H22F2N6. The van der Waals surface area contributed by atoms with E-state index in [0.29, 0.717) is 23.1 Å². The Kier molecular flexibility index (Phi) is 4.86. The third-order valence-electron chi connectivity index (χ3n) is 6.27. The van der Waals surface area contributed by atoms with Crippen LogP contribution in [0.4, 0.5) is 26.1 Å². The van der Waals surface area contributed by atoms with Gasteiger partial charge < -0.3 is 10.2 Å². The summed E-state index contributed by atoms with van der Waals surface area (Å²) in [7, 11) is 0. The second-order valence-electron chi connectivity index (χ2n) is 8.61. The Morgan fingerprint density at radius 1 is 0.970 bits per heavy atom. The molecule has 2 fully saturated rings. The zero-order valence-corrected chi connectivity index (χ0v) is 17.9. The standard InChI is InChI=1S/C25H22F2N6/c26-18-4-3-5-19(27)23(18)31-21-12-16(8-9-29-21)24-30-20-14-28-13-17(15-6-7-15)22(20)25(32-24)33-10-1-2-11-33/h3-5,8-9,12-15H,1-2,6-7,10-11H2,(H,29,31). The van der Waals surface area contributed by atoms with Crippen molar-refractivity contribution in [2.24, 2.45) is 0 Å². The first-order valence-corrected chi connectivity index (χ1v) is 11.3. The molecule has 1 aliphatic heterocycles. The molecule has 0 atom stereocenters. The largest absolute Gasteiger partial charge is 0.356 e. The number of aromatic nitrogens is 4. The van der Waals surface area contributed by atoms with E-state index in [4.69, 9.17) is 9.97 Å². The third kappa shape index (κ3) is 3.75. The molecule has 1 aliphatic carbocycles. The Labute approximate surface area is 189 Å². The van der Waals surface area contributed by atoms with Gasteiger partial charge in [-0.3, -0.25) is 4.98 Å². The van der Waals surface area contributed by atoms with Gasteiger partial charge in [-0.05, 0) is 61.4 Å². The summed E-state index contributed by atoms with van der Waals surface area (Å²) in [6, 6.07) is 7.24. The van der Waals surface area contributed by atoms with Gasteiger partial charge in [0.25, 0.3) is 0 Å². The first kappa shape index (κ1) is 20.0. The van der Waals surface area contributed by atoms with Gasteiger partial charge >= 0.3 is 0 Å². The van der Waals surface area contributed by atoms with E-state index in [9.17, 15) is 8.78 Å². The fourth-order valence-corrected chi connectivity index (χ4v) is 4.46. The van der Waals surface area contributed by atoms with E-state index in [1.165, 1.54) is 36.6 Å². The first-order chi connectivity index (χ1) is 16.2. The topological polar surface area (TPSA) is 66.8 Å². The van der Waals surface area contributed by atoms with Crippen molar-refractivity contribution in [2.75, 3.05) is 23.3 Å². The lowest BCUT2D eigenvalue weighted by Crippen LogP contribution is -2.20. The molecule has 6 nitrogen and oxygen atoms in total. The van der Waals surface area contributed by atoms with Crippen LogP contribution in [0.15, 0.2) is 48.9 Å². The number of rotatable bonds is 5. The van der Waals surface area contributed by atoms with Gasteiger partial charge in [0.15, 0.2) is 5.82 Å². The number of halogens is 2. The molecule has 0 radical (unpaired) electrons. The monoisotopic (exact) mass is 444 g/mol. The molecule has 1 saturated heterocycles. The van der Waals surface area contributed by atoms with Gasteiger partial charge in [-0.15, -0.1) is 0 Å². The molecule has 0 amide bonds. The summed E-state index contributed by atoms with van der Waals surface area (Å²) in [6.45, 7) is 1.93. The van der Waals surface area contributed by atoms with Crippen LogP contribution in [0.5, 0.6) is 0 Å². The van der Waals surface area contributed by atoms with Crippen LogP contribution in [0, 0.1) is 11.6 Å². The zero-order chi connectivity index (χ0) is 22.4. The van der Waals surface area contributed by atoms with Crippen molar-refractivity contribution in [2.45, 2.75) is 31.6 Å². The summed E-state index contributed by atoms with van der Waals surface area (Å²) in [5.74, 6) is 0.970. The van der Waals surface area contributed by atoms with Crippen LogP contribution in [0.1, 0.15) is 37.2 Å². The van der Waals surface area contributed by atoms with E-state index >= 15 is 0 Å². The highest BCUT2D eigenvalue weighted by atomic mass is 19.1. The van der Waals surface area contributed by atoms with E-state index in [1.54, 1.807) is 24.5 Å². The second kappa shape index (κ2) is 8.03. The molecule has 0 unspecified atom stereocenters. The van der Waals surface area contributed by atoms with E-state index in [1.807, 2.05) is 6.20 Å². The molecule has 0 spiro atoms. The Morgan fingerprint density at radius 2 is 1.76 bits per heavy atom. The highest BCUT2D eigenvalue weighted by Crippen LogP contribution is 2.45. The molecule has 4 heterocycles. The number of pyridine rings is 2. The van der Waals surface area contributed by atoms with E-state index in [2.05, 4.69) is 20.2 Å². The quantitative estimate of drug-likeness (QED) is 0.433. The van der Waals surface area contributed by atoms with E-state index in [-0.39, 0.29) is 5.69 Å². The molecule has 33 heavy (non-hydrogen) atoms. The predicted molar refractivity (Wildman–Crippen MR) is 124 cm³/mol. The minimum absolute atomic E-state index is 0.238. The molecule has 8 heteroatoms. The molecular weight excluding hydrogens is 422 g/mol. The molecule has 1 N–H and O–H groups in total. The Balaban J connectivity index is 1.45. The maximum atomic E-state index is 14.1. The average molecular weight is 444 g/mol. The van der Waals surface area contributed by atoms with Crippen molar-refractivity contribution in [3.8, 4) is 11.4 Å². The maximum Gasteiger partial charge on any atom is 0.162 e. The van der Waals surface area contributed by atoms with Gasteiger partial charge in [-0.2, -0.15) is 0 Å². The van der Waals surface area contributed by atoms with Gasteiger partial charge in [-0.25, -0.2) is 23.7 Å². The van der Waals surface area contributed by atoms with Crippen LogP contribution >= 0.6 is 0 Å². The molecule has 1 saturated carbocycles. The predicted octanol–water partition coefficient (Wildman–Crippen LogP) is 5.59. The number of hydrogen-bond acceptors (Lipinski definition) is 6. The lowest BCUT2D eigenvalue weighted by atomic mass is 10.1. The van der Waals surface area contributed by atoms with Crippen molar-refractivity contribution in [3.05, 3.63) is 66.1 Å². The molecule has 2 aliphatic rings. The summed E-state index contributed by atoms with van der Waals surface area (Å²) in [6.07, 6.45) is 9.96. The van der Waals surface area contributed by atoms with Gasteiger partial charge in [0, 0.05) is 36.4 Å². The second-order valence-corrected chi connectivity index (χ2v) is 8.61. The molecule has 166 valence electrons. The van der Waals surface area contributed by atoms with Crippen molar-refractivity contribution >= 4 is 28.2 Å². The average Bonchev–Trinajstić information content (AvgIpc) is 3.54. The number of nitrogens with one attached hydrogen (secondary N) is 1. The van der Waals surface area contributed by atoms with Gasteiger partial charge in [0.1, 0.15) is 29.0 Å². The summed E-state index contributed by atoms with van der Waals surface area (Å²) in [4.78, 5) is 20.8. The van der Waals surface area contributed by atoms with E-state index < -0.39 is 11.6 Å².